The number of benzene rings is 1. The van der Waals surface area contributed by atoms with Crippen molar-refractivity contribution < 1.29 is 14.1 Å². The van der Waals surface area contributed by atoms with Gasteiger partial charge in [0, 0.05) is 10.4 Å². The van der Waals surface area contributed by atoms with E-state index in [1.165, 1.54) is 0 Å². The smallest absolute Gasteiger partial charge is 0.341 e. The van der Waals surface area contributed by atoms with E-state index in [1.807, 2.05) is 22.8 Å². The van der Waals surface area contributed by atoms with Crippen LogP contribution in [0.1, 0.15) is 40.7 Å². The summed E-state index contributed by atoms with van der Waals surface area (Å²) in [7, 11) is 0. The van der Waals surface area contributed by atoms with Crippen LogP contribution in [0.15, 0.2) is 33.5 Å². The average Bonchev–Trinajstić information content (AvgIpc) is 3.20. The molecular formula is C16H11BrN4O3. The van der Waals surface area contributed by atoms with Gasteiger partial charge in [0.25, 0.3) is 0 Å². The second kappa shape index (κ2) is 5.01. The van der Waals surface area contributed by atoms with Gasteiger partial charge in [0.2, 0.25) is 11.7 Å². The van der Waals surface area contributed by atoms with Gasteiger partial charge < -0.3 is 9.26 Å². The second-order valence-electron chi connectivity index (χ2n) is 5.85. The van der Waals surface area contributed by atoms with Crippen molar-refractivity contribution >= 4 is 21.9 Å². The highest BCUT2D eigenvalue weighted by molar-refractivity contribution is 9.10. The van der Waals surface area contributed by atoms with Crippen LogP contribution < -0.4 is 0 Å². The Morgan fingerprint density at radius 1 is 1.29 bits per heavy atom. The van der Waals surface area contributed by atoms with E-state index >= 15 is 0 Å². The first-order chi connectivity index (χ1) is 11.7. The number of imidazole rings is 1. The molecular weight excluding hydrogens is 376 g/mol. The number of cyclic esters (lactones) is 1. The maximum atomic E-state index is 12.3. The summed E-state index contributed by atoms with van der Waals surface area (Å²) in [6.07, 6.45) is 3.83. The maximum absolute atomic E-state index is 12.3. The molecule has 24 heavy (non-hydrogen) atoms. The molecule has 3 heterocycles. The van der Waals surface area contributed by atoms with Crippen LogP contribution in [0.25, 0.3) is 17.2 Å². The zero-order valence-corrected chi connectivity index (χ0v) is 14.0. The quantitative estimate of drug-likeness (QED) is 0.628. The third-order valence-electron chi connectivity index (χ3n) is 4.24. The number of halogens is 1. The lowest BCUT2D eigenvalue weighted by Crippen LogP contribution is -2.05. The lowest BCUT2D eigenvalue weighted by Gasteiger charge is -2.07. The topological polar surface area (TPSA) is 83.0 Å². The first kappa shape index (κ1) is 13.9. The number of carbonyl (C=O) groups excluding carboxylic acids is 1. The van der Waals surface area contributed by atoms with Crippen LogP contribution in [-0.2, 0) is 11.3 Å². The highest BCUT2D eigenvalue weighted by Gasteiger charge is 2.32. The number of hydrogen-bond acceptors (Lipinski definition) is 6. The van der Waals surface area contributed by atoms with Crippen LogP contribution in [0, 0.1) is 0 Å². The molecule has 0 amide bonds. The van der Waals surface area contributed by atoms with Crippen LogP contribution in [0.2, 0.25) is 0 Å². The SMILES string of the molecule is O=C1OCc2c(-c3noc(C4CC4)n3)ncn2-c2cccc(Br)c21. The molecule has 1 fully saturated rings. The average molecular weight is 387 g/mol. The molecule has 1 aliphatic carbocycles. The minimum absolute atomic E-state index is 0.0998. The van der Waals surface area contributed by atoms with E-state index in [-0.39, 0.29) is 12.6 Å². The summed E-state index contributed by atoms with van der Waals surface area (Å²) >= 11 is 3.41. The number of nitrogens with zero attached hydrogens (tertiary/aromatic N) is 4. The molecule has 120 valence electrons. The molecule has 0 spiro atoms. The molecule has 0 radical (unpaired) electrons. The summed E-state index contributed by atoms with van der Waals surface area (Å²) in [6.45, 7) is 0.0998. The lowest BCUT2D eigenvalue weighted by molar-refractivity contribution is 0.0475. The standard InChI is InChI=1S/C16H11BrN4O3/c17-9-2-1-3-10-12(9)16(22)23-6-11-13(18-7-21(10)11)14-19-15(24-20-14)8-4-5-8/h1-3,7-8H,4-6H2. The van der Waals surface area contributed by atoms with Gasteiger partial charge >= 0.3 is 5.97 Å². The number of ether oxygens (including phenoxy) is 1. The van der Waals surface area contributed by atoms with Crippen molar-refractivity contribution in [3.05, 3.63) is 46.1 Å². The van der Waals surface area contributed by atoms with Gasteiger partial charge in [-0.15, -0.1) is 0 Å². The Morgan fingerprint density at radius 3 is 3.00 bits per heavy atom. The van der Waals surface area contributed by atoms with Crippen LogP contribution in [-0.4, -0.2) is 25.7 Å². The van der Waals surface area contributed by atoms with E-state index in [4.69, 9.17) is 9.26 Å². The van der Waals surface area contributed by atoms with Crippen molar-refractivity contribution in [2.45, 2.75) is 25.4 Å². The number of aromatic nitrogens is 4. The third-order valence-corrected chi connectivity index (χ3v) is 4.90. The van der Waals surface area contributed by atoms with Crippen molar-refractivity contribution in [3.8, 4) is 17.2 Å². The minimum Gasteiger partial charge on any atom is -0.455 e. The Labute approximate surface area is 144 Å². The molecule has 0 atom stereocenters. The number of fused-ring (bicyclic) bond motifs is 3. The molecule has 0 N–H and O–H groups in total. The molecule has 1 aromatic carbocycles. The lowest BCUT2D eigenvalue weighted by atomic mass is 10.2. The number of hydrogen-bond donors (Lipinski definition) is 0. The first-order valence-corrected chi connectivity index (χ1v) is 8.38. The summed E-state index contributed by atoms with van der Waals surface area (Å²) in [6, 6.07) is 5.53. The number of rotatable bonds is 2. The van der Waals surface area contributed by atoms with Gasteiger partial charge in [-0.05, 0) is 40.9 Å². The Morgan fingerprint density at radius 2 is 2.17 bits per heavy atom. The molecule has 7 nitrogen and oxygen atoms in total. The number of esters is 1. The van der Waals surface area contributed by atoms with Crippen molar-refractivity contribution in [1.29, 1.82) is 0 Å². The van der Waals surface area contributed by atoms with Crippen molar-refractivity contribution in [3.63, 3.8) is 0 Å². The van der Waals surface area contributed by atoms with Gasteiger partial charge in [0.15, 0.2) is 0 Å². The van der Waals surface area contributed by atoms with Gasteiger partial charge in [-0.2, -0.15) is 4.98 Å². The zero-order chi connectivity index (χ0) is 16.3. The Hall–Kier alpha value is -2.48. The van der Waals surface area contributed by atoms with Gasteiger partial charge in [0.05, 0.1) is 16.9 Å². The van der Waals surface area contributed by atoms with E-state index in [1.54, 1.807) is 6.33 Å². The summed E-state index contributed by atoms with van der Waals surface area (Å²) in [5.74, 6) is 1.08. The largest absolute Gasteiger partial charge is 0.455 e. The Bertz CT molecular complexity index is 974. The minimum atomic E-state index is -0.376. The predicted molar refractivity (Wildman–Crippen MR) is 85.7 cm³/mol. The second-order valence-corrected chi connectivity index (χ2v) is 6.70. The predicted octanol–water partition coefficient (Wildman–Crippen LogP) is 3.23. The highest BCUT2D eigenvalue weighted by Crippen LogP contribution is 2.40. The molecule has 5 rings (SSSR count). The first-order valence-electron chi connectivity index (χ1n) is 7.58. The molecule has 3 aromatic rings. The van der Waals surface area contributed by atoms with Crippen LogP contribution in [0.4, 0.5) is 0 Å². The van der Waals surface area contributed by atoms with Crippen LogP contribution in [0.3, 0.4) is 0 Å². The van der Waals surface area contributed by atoms with Gasteiger partial charge in [-0.3, -0.25) is 4.57 Å². The van der Waals surface area contributed by atoms with E-state index in [2.05, 4.69) is 31.1 Å². The molecule has 0 unspecified atom stereocenters. The van der Waals surface area contributed by atoms with Crippen molar-refractivity contribution in [2.75, 3.05) is 0 Å². The zero-order valence-electron chi connectivity index (χ0n) is 12.4. The highest BCUT2D eigenvalue weighted by atomic mass is 79.9. The van der Waals surface area contributed by atoms with Crippen molar-refractivity contribution in [2.24, 2.45) is 0 Å². The molecule has 1 aliphatic heterocycles. The van der Waals surface area contributed by atoms with E-state index in [0.717, 1.165) is 18.5 Å². The third kappa shape index (κ3) is 2.02. The molecule has 1 saturated carbocycles. The fourth-order valence-electron chi connectivity index (χ4n) is 2.86. The Kier molecular flexibility index (Phi) is 2.90. The van der Waals surface area contributed by atoms with E-state index < -0.39 is 0 Å². The summed E-state index contributed by atoms with van der Waals surface area (Å²) in [4.78, 5) is 21.2. The molecule has 0 saturated heterocycles. The van der Waals surface area contributed by atoms with Gasteiger partial charge in [-0.1, -0.05) is 11.2 Å². The van der Waals surface area contributed by atoms with E-state index in [0.29, 0.717) is 39.1 Å². The van der Waals surface area contributed by atoms with E-state index in [9.17, 15) is 4.79 Å². The monoisotopic (exact) mass is 386 g/mol. The summed E-state index contributed by atoms with van der Waals surface area (Å²) < 4.78 is 13.3. The van der Waals surface area contributed by atoms with Crippen molar-refractivity contribution in [1.82, 2.24) is 19.7 Å². The molecule has 0 bridgehead atoms. The van der Waals surface area contributed by atoms with Crippen LogP contribution >= 0.6 is 15.9 Å². The van der Waals surface area contributed by atoms with Gasteiger partial charge in [-0.25, -0.2) is 9.78 Å². The Balaban J connectivity index is 1.66. The fourth-order valence-corrected chi connectivity index (χ4v) is 3.37. The fraction of sp³-hybridized carbons (Fsp3) is 0.250. The molecule has 2 aliphatic rings. The normalized spacial score (nSPS) is 16.3. The maximum Gasteiger partial charge on any atom is 0.341 e. The molecule has 2 aromatic heterocycles. The van der Waals surface area contributed by atoms with Crippen LogP contribution in [0.5, 0.6) is 0 Å². The molecule has 8 heteroatoms. The van der Waals surface area contributed by atoms with Gasteiger partial charge in [0.1, 0.15) is 18.6 Å². The number of carbonyl (C=O) groups is 1. The summed E-state index contributed by atoms with van der Waals surface area (Å²) in [5.41, 5.74) is 2.49. The summed E-state index contributed by atoms with van der Waals surface area (Å²) in [5, 5.41) is 4.04.